The predicted octanol–water partition coefficient (Wildman–Crippen LogP) is 2.85. The standard InChI is InChI=1S/C15H24ClN3O/c1-3-6-17-9-12-8-14(16)15(18-10-12)19(2)11-13-5-4-7-20-13/h8,10,13,17H,3-7,9,11H2,1-2H3. The Hall–Kier alpha value is -0.840. The van der Waals surface area contributed by atoms with Crippen LogP contribution in [0.15, 0.2) is 12.3 Å². The number of likely N-dealkylation sites (N-methyl/N-ethyl adjacent to an activating group) is 1. The number of aromatic nitrogens is 1. The van der Waals surface area contributed by atoms with Gasteiger partial charge in [-0.15, -0.1) is 0 Å². The summed E-state index contributed by atoms with van der Waals surface area (Å²) < 4.78 is 5.65. The minimum Gasteiger partial charge on any atom is -0.376 e. The number of halogens is 1. The number of pyridine rings is 1. The molecule has 1 aromatic heterocycles. The van der Waals surface area contributed by atoms with E-state index in [1.807, 2.05) is 19.3 Å². The van der Waals surface area contributed by atoms with Crippen LogP contribution in [0.1, 0.15) is 31.7 Å². The summed E-state index contributed by atoms with van der Waals surface area (Å²) >= 11 is 6.35. The van der Waals surface area contributed by atoms with Crippen LogP contribution >= 0.6 is 11.6 Å². The molecule has 0 aromatic carbocycles. The number of ether oxygens (including phenoxy) is 1. The summed E-state index contributed by atoms with van der Waals surface area (Å²) in [5, 5.41) is 4.06. The molecule has 112 valence electrons. The van der Waals surface area contributed by atoms with Crippen molar-refractivity contribution in [1.82, 2.24) is 10.3 Å². The second-order valence-corrected chi connectivity index (χ2v) is 5.75. The van der Waals surface area contributed by atoms with Crippen molar-refractivity contribution in [1.29, 1.82) is 0 Å². The van der Waals surface area contributed by atoms with Gasteiger partial charge < -0.3 is 15.0 Å². The number of nitrogens with one attached hydrogen (secondary N) is 1. The van der Waals surface area contributed by atoms with E-state index in [9.17, 15) is 0 Å². The number of anilines is 1. The molecule has 1 unspecified atom stereocenters. The molecule has 1 aliphatic rings. The maximum Gasteiger partial charge on any atom is 0.147 e. The van der Waals surface area contributed by atoms with Crippen molar-refractivity contribution >= 4 is 17.4 Å². The monoisotopic (exact) mass is 297 g/mol. The van der Waals surface area contributed by atoms with E-state index in [0.29, 0.717) is 11.1 Å². The van der Waals surface area contributed by atoms with Crippen LogP contribution in [0.25, 0.3) is 0 Å². The number of hydrogen-bond donors (Lipinski definition) is 1. The van der Waals surface area contributed by atoms with Crippen LogP contribution < -0.4 is 10.2 Å². The van der Waals surface area contributed by atoms with Gasteiger partial charge in [0.25, 0.3) is 0 Å². The summed E-state index contributed by atoms with van der Waals surface area (Å²) in [5.41, 5.74) is 1.12. The smallest absolute Gasteiger partial charge is 0.147 e. The summed E-state index contributed by atoms with van der Waals surface area (Å²) in [4.78, 5) is 6.58. The van der Waals surface area contributed by atoms with Crippen LogP contribution in [-0.4, -0.2) is 37.8 Å². The summed E-state index contributed by atoms with van der Waals surface area (Å²) in [6, 6.07) is 2.00. The Morgan fingerprint density at radius 2 is 2.40 bits per heavy atom. The van der Waals surface area contributed by atoms with E-state index in [4.69, 9.17) is 16.3 Å². The quantitative estimate of drug-likeness (QED) is 0.785. The Balaban J connectivity index is 1.93. The van der Waals surface area contributed by atoms with Gasteiger partial charge in [-0.05, 0) is 37.4 Å². The first-order valence-corrected chi connectivity index (χ1v) is 7.76. The number of hydrogen-bond acceptors (Lipinski definition) is 4. The third-order valence-electron chi connectivity index (χ3n) is 3.50. The average Bonchev–Trinajstić information content (AvgIpc) is 2.92. The first-order valence-electron chi connectivity index (χ1n) is 7.38. The molecule has 2 rings (SSSR count). The van der Waals surface area contributed by atoms with Crippen LogP contribution in [0.3, 0.4) is 0 Å². The van der Waals surface area contributed by atoms with Crippen LogP contribution in [-0.2, 0) is 11.3 Å². The number of rotatable bonds is 7. The van der Waals surface area contributed by atoms with Gasteiger partial charge in [-0.1, -0.05) is 18.5 Å². The first kappa shape index (κ1) is 15.5. The van der Waals surface area contributed by atoms with Crippen molar-refractivity contribution < 1.29 is 4.74 Å². The van der Waals surface area contributed by atoms with Crippen LogP contribution in [0.2, 0.25) is 5.02 Å². The van der Waals surface area contributed by atoms with Gasteiger partial charge in [0, 0.05) is 32.9 Å². The fourth-order valence-corrected chi connectivity index (χ4v) is 2.77. The highest BCUT2D eigenvalue weighted by Crippen LogP contribution is 2.24. The molecular formula is C15H24ClN3O. The Morgan fingerprint density at radius 1 is 1.55 bits per heavy atom. The molecular weight excluding hydrogens is 274 g/mol. The Kier molecular flexibility index (Phi) is 6.07. The van der Waals surface area contributed by atoms with Gasteiger partial charge >= 0.3 is 0 Å². The van der Waals surface area contributed by atoms with Gasteiger partial charge in [-0.2, -0.15) is 0 Å². The molecule has 20 heavy (non-hydrogen) atoms. The molecule has 0 radical (unpaired) electrons. The summed E-state index contributed by atoms with van der Waals surface area (Å²) in [6.07, 6.45) is 5.62. The predicted molar refractivity (Wildman–Crippen MR) is 83.5 cm³/mol. The van der Waals surface area contributed by atoms with E-state index in [1.165, 1.54) is 0 Å². The first-order chi connectivity index (χ1) is 9.70. The summed E-state index contributed by atoms with van der Waals surface area (Å²) in [7, 11) is 2.02. The summed E-state index contributed by atoms with van der Waals surface area (Å²) in [5.74, 6) is 0.835. The van der Waals surface area contributed by atoms with Crippen molar-refractivity contribution in [3.05, 3.63) is 22.8 Å². The fraction of sp³-hybridized carbons (Fsp3) is 0.667. The molecule has 1 aromatic rings. The zero-order valence-electron chi connectivity index (χ0n) is 12.4. The van der Waals surface area contributed by atoms with E-state index >= 15 is 0 Å². The zero-order valence-corrected chi connectivity index (χ0v) is 13.1. The molecule has 1 atom stereocenters. The molecule has 4 nitrogen and oxygen atoms in total. The molecule has 1 saturated heterocycles. The fourth-order valence-electron chi connectivity index (χ4n) is 2.44. The molecule has 0 amide bonds. The molecule has 0 bridgehead atoms. The molecule has 2 heterocycles. The van der Waals surface area contributed by atoms with E-state index in [2.05, 4.69) is 22.1 Å². The second-order valence-electron chi connectivity index (χ2n) is 5.34. The molecule has 5 heteroatoms. The number of nitrogens with zero attached hydrogens (tertiary/aromatic N) is 2. The highest BCUT2D eigenvalue weighted by Gasteiger charge is 2.19. The van der Waals surface area contributed by atoms with Crippen molar-refractivity contribution in [3.63, 3.8) is 0 Å². The largest absolute Gasteiger partial charge is 0.376 e. The molecule has 1 N–H and O–H groups in total. The van der Waals surface area contributed by atoms with Crippen LogP contribution in [0.5, 0.6) is 0 Å². The topological polar surface area (TPSA) is 37.4 Å². The SMILES string of the molecule is CCCNCc1cnc(N(C)CC2CCCO2)c(Cl)c1. The van der Waals surface area contributed by atoms with E-state index in [-0.39, 0.29) is 0 Å². The van der Waals surface area contributed by atoms with Gasteiger partial charge in [0.1, 0.15) is 5.82 Å². The van der Waals surface area contributed by atoms with Crippen LogP contribution in [0.4, 0.5) is 5.82 Å². The lowest BCUT2D eigenvalue weighted by molar-refractivity contribution is 0.116. The lowest BCUT2D eigenvalue weighted by Gasteiger charge is -2.22. The lowest BCUT2D eigenvalue weighted by Crippen LogP contribution is -2.29. The van der Waals surface area contributed by atoms with Gasteiger partial charge in [0.2, 0.25) is 0 Å². The molecule has 0 aliphatic carbocycles. The third kappa shape index (κ3) is 4.33. The van der Waals surface area contributed by atoms with E-state index in [1.54, 1.807) is 0 Å². The van der Waals surface area contributed by atoms with Crippen molar-refractivity contribution in [2.75, 3.05) is 31.6 Å². The third-order valence-corrected chi connectivity index (χ3v) is 3.78. The highest BCUT2D eigenvalue weighted by molar-refractivity contribution is 6.33. The minimum atomic E-state index is 0.309. The highest BCUT2D eigenvalue weighted by atomic mass is 35.5. The van der Waals surface area contributed by atoms with Gasteiger partial charge in [-0.25, -0.2) is 4.98 Å². The molecule has 0 spiro atoms. The van der Waals surface area contributed by atoms with E-state index in [0.717, 1.165) is 56.9 Å². The van der Waals surface area contributed by atoms with Crippen molar-refractivity contribution in [2.45, 2.75) is 38.8 Å². The maximum atomic E-state index is 6.35. The maximum absolute atomic E-state index is 6.35. The minimum absolute atomic E-state index is 0.309. The Labute approximate surface area is 126 Å². The van der Waals surface area contributed by atoms with Gasteiger partial charge in [0.05, 0.1) is 11.1 Å². The van der Waals surface area contributed by atoms with Gasteiger partial charge in [-0.3, -0.25) is 0 Å². The molecule has 1 fully saturated rings. The van der Waals surface area contributed by atoms with Crippen LogP contribution in [0, 0.1) is 0 Å². The zero-order chi connectivity index (χ0) is 14.4. The van der Waals surface area contributed by atoms with Gasteiger partial charge in [0.15, 0.2) is 0 Å². The lowest BCUT2D eigenvalue weighted by atomic mass is 10.2. The normalized spacial score (nSPS) is 18.4. The van der Waals surface area contributed by atoms with E-state index < -0.39 is 0 Å². The Bertz CT molecular complexity index is 422. The molecule has 1 aliphatic heterocycles. The second kappa shape index (κ2) is 7.81. The average molecular weight is 298 g/mol. The van der Waals surface area contributed by atoms with Crippen molar-refractivity contribution in [2.24, 2.45) is 0 Å². The molecule has 0 saturated carbocycles. The Morgan fingerprint density at radius 3 is 3.05 bits per heavy atom. The summed E-state index contributed by atoms with van der Waals surface area (Å²) in [6.45, 7) is 5.71. The van der Waals surface area contributed by atoms with Crippen molar-refractivity contribution in [3.8, 4) is 0 Å².